The average Bonchev–Trinajstić information content (AvgIpc) is 2.97. The molecule has 1 aliphatic carbocycles. The molecule has 1 heterocycles. The number of nitrogens with zero attached hydrogens (tertiary/aromatic N) is 3. The Hall–Kier alpha value is -1.48. The summed E-state index contributed by atoms with van der Waals surface area (Å²) >= 11 is 4.33. The van der Waals surface area contributed by atoms with Crippen LogP contribution < -0.4 is 5.32 Å². The lowest BCUT2D eigenvalue weighted by Crippen LogP contribution is -2.18. The lowest BCUT2D eigenvalue weighted by molar-refractivity contribution is -0.113. The minimum Gasteiger partial charge on any atom is -0.322 e. The van der Waals surface area contributed by atoms with Crippen LogP contribution in [0.4, 0.5) is 14.5 Å². The number of carbonyl (C=O) groups excluding carboxylic acids is 1. The molecule has 1 amide bonds. The lowest BCUT2D eigenvalue weighted by Gasteiger charge is -2.24. The Morgan fingerprint density at radius 2 is 2.04 bits per heavy atom. The van der Waals surface area contributed by atoms with Crippen LogP contribution in [0.3, 0.4) is 0 Å². The summed E-state index contributed by atoms with van der Waals surface area (Å²) in [7, 11) is 0. The highest BCUT2D eigenvalue weighted by molar-refractivity contribution is 9.10. The molecule has 1 saturated carbocycles. The molecule has 2 aromatic rings. The summed E-state index contributed by atoms with van der Waals surface area (Å²) in [6, 6.07) is 2.21. The van der Waals surface area contributed by atoms with Crippen molar-refractivity contribution in [2.24, 2.45) is 0 Å². The maximum atomic E-state index is 13.8. The molecular weight excluding hydrogens is 426 g/mol. The van der Waals surface area contributed by atoms with Gasteiger partial charge in [0.25, 0.3) is 0 Å². The number of carbonyl (C=O) groups is 1. The summed E-state index contributed by atoms with van der Waals surface area (Å²) in [5, 5.41) is 11.5. The van der Waals surface area contributed by atoms with Crippen LogP contribution in [-0.2, 0) is 4.79 Å². The fourth-order valence-corrected chi connectivity index (χ4v) is 4.53. The highest BCUT2D eigenvalue weighted by atomic mass is 79.9. The number of halogens is 3. The van der Waals surface area contributed by atoms with Gasteiger partial charge >= 0.3 is 0 Å². The van der Waals surface area contributed by atoms with E-state index in [1.807, 2.05) is 6.92 Å². The molecule has 0 aliphatic heterocycles. The second-order valence-electron chi connectivity index (χ2n) is 6.27. The number of thioether (sulfide) groups is 1. The van der Waals surface area contributed by atoms with E-state index in [4.69, 9.17) is 0 Å². The van der Waals surface area contributed by atoms with E-state index in [-0.39, 0.29) is 15.9 Å². The van der Waals surface area contributed by atoms with Gasteiger partial charge in [-0.25, -0.2) is 8.78 Å². The van der Waals surface area contributed by atoms with E-state index in [1.54, 1.807) is 0 Å². The fourth-order valence-electron chi connectivity index (χ4n) is 3.18. The monoisotopic (exact) mass is 444 g/mol. The van der Waals surface area contributed by atoms with Gasteiger partial charge in [0, 0.05) is 16.6 Å². The van der Waals surface area contributed by atoms with Crippen molar-refractivity contribution in [3.63, 3.8) is 0 Å². The number of amides is 1. The number of aromatic nitrogens is 3. The molecular formula is C17H19BrF2N4OS. The molecule has 5 nitrogen and oxygen atoms in total. The SMILES string of the molecule is Cc1nnc(SCC(=O)Nc2c(F)cc(F)cc2Br)n1C1CCCCC1. The number of hydrogen-bond donors (Lipinski definition) is 1. The summed E-state index contributed by atoms with van der Waals surface area (Å²) in [6.07, 6.45) is 5.80. The summed E-state index contributed by atoms with van der Waals surface area (Å²) in [4.78, 5) is 12.2. The molecule has 1 aliphatic rings. The quantitative estimate of drug-likeness (QED) is 0.668. The minimum absolute atomic E-state index is 0.0636. The normalized spacial score (nSPS) is 15.2. The van der Waals surface area contributed by atoms with Gasteiger partial charge in [0.05, 0.1) is 11.4 Å². The zero-order valence-corrected chi connectivity index (χ0v) is 16.7. The second-order valence-corrected chi connectivity index (χ2v) is 8.07. The molecule has 140 valence electrons. The highest BCUT2D eigenvalue weighted by Crippen LogP contribution is 2.32. The van der Waals surface area contributed by atoms with E-state index in [0.717, 1.165) is 30.8 Å². The maximum Gasteiger partial charge on any atom is 0.234 e. The maximum absolute atomic E-state index is 13.8. The van der Waals surface area contributed by atoms with Gasteiger partial charge in [-0.3, -0.25) is 4.79 Å². The van der Waals surface area contributed by atoms with Crippen LogP contribution in [0.15, 0.2) is 21.8 Å². The Labute approximate surface area is 163 Å². The van der Waals surface area contributed by atoms with Gasteiger partial charge in [0.15, 0.2) is 11.0 Å². The first-order chi connectivity index (χ1) is 12.5. The summed E-state index contributed by atoms with van der Waals surface area (Å²) in [5.41, 5.74) is -0.0677. The third kappa shape index (κ3) is 4.43. The number of nitrogens with one attached hydrogen (secondary N) is 1. The number of hydrogen-bond acceptors (Lipinski definition) is 4. The Morgan fingerprint density at radius 1 is 1.31 bits per heavy atom. The van der Waals surface area contributed by atoms with Gasteiger partial charge in [0.1, 0.15) is 11.6 Å². The Kier molecular flexibility index (Phi) is 6.29. The predicted molar refractivity (Wildman–Crippen MR) is 100 cm³/mol. The van der Waals surface area contributed by atoms with Crippen molar-refractivity contribution in [1.82, 2.24) is 14.8 Å². The Bertz CT molecular complexity index is 785. The smallest absolute Gasteiger partial charge is 0.234 e. The van der Waals surface area contributed by atoms with E-state index in [1.165, 1.54) is 31.0 Å². The van der Waals surface area contributed by atoms with Crippen molar-refractivity contribution in [3.8, 4) is 0 Å². The molecule has 0 unspecified atom stereocenters. The van der Waals surface area contributed by atoms with Gasteiger partial charge in [-0.1, -0.05) is 31.0 Å². The van der Waals surface area contributed by atoms with E-state index in [9.17, 15) is 13.6 Å². The van der Waals surface area contributed by atoms with Gasteiger partial charge in [-0.15, -0.1) is 10.2 Å². The van der Waals surface area contributed by atoms with Crippen LogP contribution in [0.2, 0.25) is 0 Å². The summed E-state index contributed by atoms with van der Waals surface area (Å²) < 4.78 is 29.2. The van der Waals surface area contributed by atoms with Crippen LogP contribution in [0.1, 0.15) is 44.0 Å². The first kappa shape index (κ1) is 19.3. The second kappa shape index (κ2) is 8.47. The molecule has 3 rings (SSSR count). The van der Waals surface area contributed by atoms with Crippen molar-refractivity contribution >= 4 is 39.3 Å². The molecule has 1 fully saturated rings. The molecule has 0 bridgehead atoms. The van der Waals surface area contributed by atoms with E-state index >= 15 is 0 Å². The summed E-state index contributed by atoms with van der Waals surface area (Å²) in [6.45, 7) is 1.91. The van der Waals surface area contributed by atoms with E-state index in [2.05, 4.69) is 36.0 Å². The lowest BCUT2D eigenvalue weighted by atomic mass is 9.95. The van der Waals surface area contributed by atoms with Crippen molar-refractivity contribution in [3.05, 3.63) is 34.1 Å². The third-order valence-corrected chi connectivity index (χ3v) is 5.95. The van der Waals surface area contributed by atoms with Crippen molar-refractivity contribution in [2.45, 2.75) is 50.2 Å². The van der Waals surface area contributed by atoms with Crippen LogP contribution in [0.25, 0.3) is 0 Å². The van der Waals surface area contributed by atoms with Crippen molar-refractivity contribution in [2.75, 3.05) is 11.1 Å². The van der Waals surface area contributed by atoms with Gasteiger partial charge in [0.2, 0.25) is 5.91 Å². The number of aryl methyl sites for hydroxylation is 1. The molecule has 1 aromatic carbocycles. The zero-order valence-electron chi connectivity index (χ0n) is 14.3. The molecule has 9 heteroatoms. The molecule has 0 saturated heterocycles. The third-order valence-electron chi connectivity index (χ3n) is 4.38. The molecule has 0 spiro atoms. The molecule has 1 N–H and O–H groups in total. The number of benzene rings is 1. The topological polar surface area (TPSA) is 59.8 Å². The van der Waals surface area contributed by atoms with Crippen molar-refractivity contribution in [1.29, 1.82) is 0 Å². The minimum atomic E-state index is -0.823. The standard InChI is InChI=1S/C17H19BrF2N4OS/c1-10-22-23-17(24(10)12-5-3-2-4-6-12)26-9-15(25)21-16-13(18)7-11(19)8-14(16)20/h7-8,12H,2-6,9H2,1H3,(H,21,25). The van der Waals surface area contributed by atoms with Crippen LogP contribution in [0, 0.1) is 18.6 Å². The van der Waals surface area contributed by atoms with Crippen LogP contribution in [0.5, 0.6) is 0 Å². The summed E-state index contributed by atoms with van der Waals surface area (Å²) in [5.74, 6) is -1.02. The number of anilines is 1. The first-order valence-corrected chi connectivity index (χ1v) is 10.2. The molecule has 0 radical (unpaired) electrons. The number of rotatable bonds is 5. The van der Waals surface area contributed by atoms with E-state index in [0.29, 0.717) is 11.2 Å². The zero-order chi connectivity index (χ0) is 18.7. The fraction of sp³-hybridized carbons (Fsp3) is 0.471. The van der Waals surface area contributed by atoms with Crippen LogP contribution in [-0.4, -0.2) is 26.4 Å². The Balaban J connectivity index is 1.65. The highest BCUT2D eigenvalue weighted by Gasteiger charge is 2.22. The van der Waals surface area contributed by atoms with Gasteiger partial charge < -0.3 is 9.88 Å². The predicted octanol–water partition coefficient (Wildman–Crippen LogP) is 4.86. The molecule has 26 heavy (non-hydrogen) atoms. The van der Waals surface area contributed by atoms with Crippen molar-refractivity contribution < 1.29 is 13.6 Å². The largest absolute Gasteiger partial charge is 0.322 e. The Morgan fingerprint density at radius 3 is 2.73 bits per heavy atom. The van der Waals surface area contributed by atoms with Gasteiger partial charge in [-0.05, 0) is 41.8 Å². The van der Waals surface area contributed by atoms with Gasteiger partial charge in [-0.2, -0.15) is 0 Å². The molecule has 1 aromatic heterocycles. The van der Waals surface area contributed by atoms with E-state index < -0.39 is 17.5 Å². The van der Waals surface area contributed by atoms with Crippen LogP contribution >= 0.6 is 27.7 Å². The first-order valence-electron chi connectivity index (χ1n) is 8.44. The average molecular weight is 445 g/mol. The molecule has 0 atom stereocenters.